The number of nitrogens with one attached hydrogen (secondary N) is 1. The molecule has 0 unspecified atom stereocenters. The summed E-state index contributed by atoms with van der Waals surface area (Å²) in [5.74, 6) is -2.00. The van der Waals surface area contributed by atoms with E-state index in [0.29, 0.717) is 28.0 Å². The first-order valence-electron chi connectivity index (χ1n) is 8.74. The Labute approximate surface area is 174 Å². The van der Waals surface area contributed by atoms with Gasteiger partial charge in [-0.3, -0.25) is 15.1 Å². The number of aromatic nitrogens is 3. The van der Waals surface area contributed by atoms with Crippen molar-refractivity contribution < 1.29 is 18.3 Å². The molecule has 9 heteroatoms. The van der Waals surface area contributed by atoms with Gasteiger partial charge in [0.15, 0.2) is 16.8 Å². The van der Waals surface area contributed by atoms with Gasteiger partial charge in [0, 0.05) is 23.2 Å². The summed E-state index contributed by atoms with van der Waals surface area (Å²) < 4.78 is 32.0. The van der Waals surface area contributed by atoms with Gasteiger partial charge in [-0.2, -0.15) is 0 Å². The fourth-order valence-corrected chi connectivity index (χ4v) is 3.45. The van der Waals surface area contributed by atoms with Crippen molar-refractivity contribution in [3.8, 4) is 28.5 Å². The van der Waals surface area contributed by atoms with Crippen LogP contribution >= 0.6 is 11.3 Å². The summed E-state index contributed by atoms with van der Waals surface area (Å²) in [4.78, 5) is 25.7. The SMILES string of the molecule is COc1cccc(-c2csc(NC(=O)c3cccnc3-c3ccc(F)c(F)c3)n2)n1. The first kappa shape index (κ1) is 19.6. The van der Waals surface area contributed by atoms with Crippen LogP contribution in [0.15, 0.2) is 60.1 Å². The van der Waals surface area contributed by atoms with Crippen molar-refractivity contribution in [2.24, 2.45) is 0 Å². The number of carbonyl (C=O) groups is 1. The number of carbonyl (C=O) groups excluding carboxylic acids is 1. The number of thiazole rings is 1. The minimum Gasteiger partial charge on any atom is -0.481 e. The lowest BCUT2D eigenvalue weighted by atomic mass is 10.1. The fourth-order valence-electron chi connectivity index (χ4n) is 2.75. The summed E-state index contributed by atoms with van der Waals surface area (Å²) in [6, 6.07) is 11.8. The van der Waals surface area contributed by atoms with Crippen LogP contribution in [0.4, 0.5) is 13.9 Å². The Kier molecular flexibility index (Phi) is 5.44. The topological polar surface area (TPSA) is 77.0 Å². The number of hydrogen-bond acceptors (Lipinski definition) is 6. The molecule has 0 aliphatic carbocycles. The Bertz CT molecular complexity index is 1230. The zero-order chi connectivity index (χ0) is 21.1. The maximum absolute atomic E-state index is 13.6. The lowest BCUT2D eigenvalue weighted by Gasteiger charge is -2.08. The molecule has 1 N–H and O–H groups in total. The van der Waals surface area contributed by atoms with Crippen molar-refractivity contribution in [1.29, 1.82) is 0 Å². The van der Waals surface area contributed by atoms with Crippen LogP contribution in [0, 0.1) is 11.6 Å². The number of pyridine rings is 2. The minimum atomic E-state index is -1.01. The highest BCUT2D eigenvalue weighted by molar-refractivity contribution is 7.14. The second kappa shape index (κ2) is 8.34. The van der Waals surface area contributed by atoms with Crippen molar-refractivity contribution in [3.63, 3.8) is 0 Å². The fraction of sp³-hybridized carbons (Fsp3) is 0.0476. The molecule has 0 aliphatic rings. The van der Waals surface area contributed by atoms with Crippen molar-refractivity contribution in [3.05, 3.63) is 77.3 Å². The van der Waals surface area contributed by atoms with Crippen LogP contribution < -0.4 is 10.1 Å². The van der Waals surface area contributed by atoms with Crippen LogP contribution in [0.3, 0.4) is 0 Å². The van der Waals surface area contributed by atoms with Crippen LogP contribution in [0.5, 0.6) is 5.88 Å². The molecular weight excluding hydrogens is 410 g/mol. The lowest BCUT2D eigenvalue weighted by Crippen LogP contribution is -2.13. The first-order chi connectivity index (χ1) is 14.5. The molecular formula is C21H14F2N4O2S. The van der Waals surface area contributed by atoms with E-state index in [2.05, 4.69) is 20.3 Å². The molecule has 0 saturated heterocycles. The number of rotatable bonds is 5. The van der Waals surface area contributed by atoms with Gasteiger partial charge < -0.3 is 4.74 Å². The average Bonchev–Trinajstić information content (AvgIpc) is 3.24. The molecule has 0 spiro atoms. The smallest absolute Gasteiger partial charge is 0.259 e. The predicted octanol–water partition coefficient (Wildman–Crippen LogP) is 4.81. The monoisotopic (exact) mass is 424 g/mol. The molecule has 1 amide bonds. The third kappa shape index (κ3) is 4.01. The van der Waals surface area contributed by atoms with E-state index >= 15 is 0 Å². The van der Waals surface area contributed by atoms with E-state index < -0.39 is 17.5 Å². The summed E-state index contributed by atoms with van der Waals surface area (Å²) in [6.07, 6.45) is 1.48. The van der Waals surface area contributed by atoms with Crippen LogP contribution in [-0.2, 0) is 0 Å². The third-order valence-electron chi connectivity index (χ3n) is 4.17. The Morgan fingerprint density at radius 3 is 2.70 bits per heavy atom. The van der Waals surface area contributed by atoms with Gasteiger partial charge in [-0.25, -0.2) is 18.7 Å². The number of halogens is 2. The molecule has 0 radical (unpaired) electrons. The number of nitrogens with zero attached hydrogens (tertiary/aromatic N) is 3. The van der Waals surface area contributed by atoms with Crippen LogP contribution in [0.2, 0.25) is 0 Å². The van der Waals surface area contributed by atoms with Gasteiger partial charge in [0.25, 0.3) is 5.91 Å². The van der Waals surface area contributed by atoms with Crippen LogP contribution in [0.1, 0.15) is 10.4 Å². The Morgan fingerprint density at radius 1 is 1.03 bits per heavy atom. The molecule has 0 fully saturated rings. The van der Waals surface area contributed by atoms with E-state index in [9.17, 15) is 13.6 Å². The molecule has 4 aromatic rings. The molecule has 4 rings (SSSR count). The van der Waals surface area contributed by atoms with Gasteiger partial charge in [-0.15, -0.1) is 11.3 Å². The second-order valence-corrected chi connectivity index (χ2v) is 6.94. The van der Waals surface area contributed by atoms with Crippen molar-refractivity contribution in [1.82, 2.24) is 15.0 Å². The predicted molar refractivity (Wildman–Crippen MR) is 109 cm³/mol. The van der Waals surface area contributed by atoms with Gasteiger partial charge in [0.05, 0.1) is 24.1 Å². The zero-order valence-electron chi connectivity index (χ0n) is 15.6. The zero-order valence-corrected chi connectivity index (χ0v) is 16.4. The van der Waals surface area contributed by atoms with E-state index in [1.165, 1.54) is 30.7 Å². The molecule has 0 aliphatic heterocycles. The molecule has 30 heavy (non-hydrogen) atoms. The van der Waals surface area contributed by atoms with Crippen molar-refractivity contribution in [2.75, 3.05) is 12.4 Å². The Morgan fingerprint density at radius 2 is 1.90 bits per heavy atom. The van der Waals surface area contributed by atoms with Crippen LogP contribution in [-0.4, -0.2) is 28.0 Å². The number of anilines is 1. The van der Waals surface area contributed by atoms with Crippen molar-refractivity contribution >= 4 is 22.4 Å². The molecule has 0 saturated carbocycles. The van der Waals surface area contributed by atoms with Gasteiger partial charge >= 0.3 is 0 Å². The minimum absolute atomic E-state index is 0.208. The molecule has 3 aromatic heterocycles. The van der Waals surface area contributed by atoms with Gasteiger partial charge in [0.1, 0.15) is 5.69 Å². The van der Waals surface area contributed by atoms with Crippen molar-refractivity contribution in [2.45, 2.75) is 0 Å². The van der Waals surface area contributed by atoms with E-state index in [0.717, 1.165) is 12.1 Å². The standard InChI is InChI=1S/C21H14F2N4O2S/c1-29-18-6-2-5-16(25-18)17-11-30-21(26-17)27-20(28)13-4-3-9-24-19(13)12-7-8-14(22)15(23)10-12/h2-11H,1H3,(H,26,27,28). The van der Waals surface area contributed by atoms with Crippen LogP contribution in [0.25, 0.3) is 22.6 Å². The van der Waals surface area contributed by atoms with E-state index in [4.69, 9.17) is 4.74 Å². The average molecular weight is 424 g/mol. The quantitative estimate of drug-likeness (QED) is 0.498. The molecule has 3 heterocycles. The van der Waals surface area contributed by atoms with E-state index in [1.54, 1.807) is 35.7 Å². The molecule has 0 bridgehead atoms. The summed E-state index contributed by atoms with van der Waals surface area (Å²) in [5.41, 5.74) is 1.93. The van der Waals surface area contributed by atoms with E-state index in [1.807, 2.05) is 0 Å². The number of benzene rings is 1. The highest BCUT2D eigenvalue weighted by Crippen LogP contribution is 2.27. The highest BCUT2D eigenvalue weighted by Gasteiger charge is 2.17. The third-order valence-corrected chi connectivity index (χ3v) is 4.92. The normalized spacial score (nSPS) is 10.6. The van der Waals surface area contributed by atoms with E-state index in [-0.39, 0.29) is 11.3 Å². The Hall–Kier alpha value is -3.72. The Balaban J connectivity index is 1.59. The number of methoxy groups -OCH3 is 1. The number of ether oxygens (including phenoxy) is 1. The first-order valence-corrected chi connectivity index (χ1v) is 9.62. The molecule has 6 nitrogen and oxygen atoms in total. The summed E-state index contributed by atoms with van der Waals surface area (Å²) in [7, 11) is 1.53. The lowest BCUT2D eigenvalue weighted by molar-refractivity contribution is 0.102. The maximum atomic E-state index is 13.6. The molecule has 0 atom stereocenters. The summed E-state index contributed by atoms with van der Waals surface area (Å²) in [6.45, 7) is 0. The maximum Gasteiger partial charge on any atom is 0.259 e. The number of amides is 1. The summed E-state index contributed by atoms with van der Waals surface area (Å²) in [5, 5.41) is 4.84. The highest BCUT2D eigenvalue weighted by atomic mass is 32.1. The largest absolute Gasteiger partial charge is 0.481 e. The molecule has 1 aromatic carbocycles. The van der Waals surface area contributed by atoms with Gasteiger partial charge in [-0.1, -0.05) is 6.07 Å². The van der Waals surface area contributed by atoms with Gasteiger partial charge in [0.2, 0.25) is 5.88 Å². The van der Waals surface area contributed by atoms with Gasteiger partial charge in [-0.05, 0) is 36.4 Å². The second-order valence-electron chi connectivity index (χ2n) is 6.09. The summed E-state index contributed by atoms with van der Waals surface area (Å²) >= 11 is 1.23. The molecule has 150 valence electrons. The number of hydrogen-bond donors (Lipinski definition) is 1.